The average molecular weight is 228 g/mol. The van der Waals surface area contributed by atoms with Crippen LogP contribution in [-0.4, -0.2) is 15.0 Å². The molecular formula is C11H8N4S. The third-order valence-corrected chi connectivity index (χ3v) is 2.61. The number of nitriles is 1. The van der Waals surface area contributed by atoms with Gasteiger partial charge in [0.1, 0.15) is 5.03 Å². The summed E-state index contributed by atoms with van der Waals surface area (Å²) in [4.78, 5) is 12.5. The molecule has 2 rings (SSSR count). The summed E-state index contributed by atoms with van der Waals surface area (Å²) in [5.41, 5.74) is 1.42. The van der Waals surface area contributed by atoms with Crippen LogP contribution in [0.25, 0.3) is 0 Å². The highest BCUT2D eigenvalue weighted by atomic mass is 32.2. The van der Waals surface area contributed by atoms with Crippen molar-refractivity contribution >= 4 is 11.8 Å². The van der Waals surface area contributed by atoms with Gasteiger partial charge in [0, 0.05) is 18.1 Å². The minimum atomic E-state index is 0.603. The Morgan fingerprint density at radius 2 is 2.00 bits per heavy atom. The lowest BCUT2D eigenvalue weighted by Gasteiger charge is -2.00. The van der Waals surface area contributed by atoms with Crippen molar-refractivity contribution in [2.45, 2.75) is 17.1 Å². The second-order valence-corrected chi connectivity index (χ2v) is 4.07. The van der Waals surface area contributed by atoms with Gasteiger partial charge in [-0.2, -0.15) is 5.26 Å². The van der Waals surface area contributed by atoms with Crippen molar-refractivity contribution in [3.63, 3.8) is 0 Å². The molecule has 0 aliphatic heterocycles. The Morgan fingerprint density at radius 1 is 1.25 bits per heavy atom. The second-order valence-electron chi connectivity index (χ2n) is 3.08. The molecule has 2 aromatic rings. The van der Waals surface area contributed by atoms with Crippen molar-refractivity contribution in [2.75, 3.05) is 0 Å². The quantitative estimate of drug-likeness (QED) is 0.737. The normalized spacial score (nSPS) is 9.75. The van der Waals surface area contributed by atoms with Crippen molar-refractivity contribution < 1.29 is 0 Å². The second kappa shape index (κ2) is 4.73. The van der Waals surface area contributed by atoms with Crippen LogP contribution < -0.4 is 0 Å². The Kier molecular flexibility index (Phi) is 3.13. The first kappa shape index (κ1) is 10.6. The number of hydrogen-bond donors (Lipinski definition) is 0. The largest absolute Gasteiger partial charge is 0.246 e. The predicted octanol–water partition coefficient (Wildman–Crippen LogP) is 2.20. The molecule has 0 unspecified atom stereocenters. The zero-order valence-corrected chi connectivity index (χ0v) is 9.40. The highest BCUT2D eigenvalue weighted by Crippen LogP contribution is 2.23. The fourth-order valence-corrected chi connectivity index (χ4v) is 1.98. The third-order valence-electron chi connectivity index (χ3n) is 1.80. The molecule has 2 aromatic heterocycles. The summed E-state index contributed by atoms with van der Waals surface area (Å²) < 4.78 is 0. The van der Waals surface area contributed by atoms with Gasteiger partial charge in [0.15, 0.2) is 5.16 Å². The average Bonchev–Trinajstić information content (AvgIpc) is 2.29. The van der Waals surface area contributed by atoms with Gasteiger partial charge in [0.05, 0.1) is 11.6 Å². The fourth-order valence-electron chi connectivity index (χ4n) is 1.19. The Labute approximate surface area is 97.4 Å². The SMILES string of the molecule is Cc1cc(C#N)cc(Sc2ncccn2)n1. The molecule has 0 saturated carbocycles. The Bertz CT molecular complexity index is 533. The summed E-state index contributed by atoms with van der Waals surface area (Å²) in [5.74, 6) is 0. The summed E-state index contributed by atoms with van der Waals surface area (Å²) in [6, 6.07) is 7.33. The molecule has 0 aliphatic rings. The lowest BCUT2D eigenvalue weighted by Crippen LogP contribution is -1.89. The summed E-state index contributed by atoms with van der Waals surface area (Å²) in [5, 5.41) is 10.2. The monoisotopic (exact) mass is 228 g/mol. The van der Waals surface area contributed by atoms with Crippen molar-refractivity contribution in [3.8, 4) is 6.07 Å². The van der Waals surface area contributed by atoms with E-state index in [4.69, 9.17) is 5.26 Å². The van der Waals surface area contributed by atoms with Gasteiger partial charge in [-0.25, -0.2) is 15.0 Å². The van der Waals surface area contributed by atoms with E-state index in [0.29, 0.717) is 10.7 Å². The van der Waals surface area contributed by atoms with E-state index in [-0.39, 0.29) is 0 Å². The molecule has 0 spiro atoms. The van der Waals surface area contributed by atoms with E-state index in [1.807, 2.05) is 6.92 Å². The van der Waals surface area contributed by atoms with Crippen LogP contribution >= 0.6 is 11.8 Å². The third kappa shape index (κ3) is 2.55. The Hall–Kier alpha value is -1.93. The van der Waals surface area contributed by atoms with E-state index < -0.39 is 0 Å². The molecule has 0 fully saturated rings. The highest BCUT2D eigenvalue weighted by molar-refractivity contribution is 7.99. The van der Waals surface area contributed by atoms with Crippen molar-refractivity contribution in [3.05, 3.63) is 41.9 Å². The first-order chi connectivity index (χ1) is 7.78. The van der Waals surface area contributed by atoms with Crippen LogP contribution in [-0.2, 0) is 0 Å². The van der Waals surface area contributed by atoms with E-state index in [2.05, 4.69) is 21.0 Å². The van der Waals surface area contributed by atoms with Crippen LogP contribution in [0, 0.1) is 18.3 Å². The Morgan fingerprint density at radius 3 is 2.69 bits per heavy atom. The molecule has 0 atom stereocenters. The summed E-state index contributed by atoms with van der Waals surface area (Å²) in [6.45, 7) is 1.86. The minimum Gasteiger partial charge on any atom is -0.246 e. The van der Waals surface area contributed by atoms with Crippen LogP contribution in [0.15, 0.2) is 40.8 Å². The van der Waals surface area contributed by atoms with Gasteiger partial charge in [-0.05, 0) is 36.9 Å². The molecule has 0 aromatic carbocycles. The van der Waals surface area contributed by atoms with Crippen LogP contribution in [0.1, 0.15) is 11.3 Å². The number of aromatic nitrogens is 3. The molecule has 2 heterocycles. The first-order valence-electron chi connectivity index (χ1n) is 4.61. The smallest absolute Gasteiger partial charge is 0.193 e. The molecule has 0 aliphatic carbocycles. The number of rotatable bonds is 2. The molecule has 16 heavy (non-hydrogen) atoms. The van der Waals surface area contributed by atoms with Gasteiger partial charge >= 0.3 is 0 Å². The molecule has 0 radical (unpaired) electrons. The maximum absolute atomic E-state index is 8.83. The standard InChI is InChI=1S/C11H8N4S/c1-8-5-9(7-12)6-10(15-8)16-11-13-3-2-4-14-11/h2-6H,1H3. The lowest BCUT2D eigenvalue weighted by atomic mass is 10.2. The number of nitrogens with zero attached hydrogens (tertiary/aromatic N) is 4. The first-order valence-corrected chi connectivity index (χ1v) is 5.43. The number of pyridine rings is 1. The van der Waals surface area contributed by atoms with E-state index in [9.17, 15) is 0 Å². The molecule has 0 bridgehead atoms. The lowest BCUT2D eigenvalue weighted by molar-refractivity contribution is 0.956. The number of aryl methyl sites for hydroxylation is 1. The predicted molar refractivity (Wildman–Crippen MR) is 59.8 cm³/mol. The summed E-state index contributed by atoms with van der Waals surface area (Å²) >= 11 is 1.35. The van der Waals surface area contributed by atoms with Crippen molar-refractivity contribution in [1.29, 1.82) is 5.26 Å². The maximum atomic E-state index is 8.83. The van der Waals surface area contributed by atoms with Crippen LogP contribution in [0.2, 0.25) is 0 Å². The summed E-state index contributed by atoms with van der Waals surface area (Å²) in [7, 11) is 0. The molecular weight excluding hydrogens is 220 g/mol. The van der Waals surface area contributed by atoms with Gasteiger partial charge in [-0.1, -0.05) is 0 Å². The zero-order chi connectivity index (χ0) is 11.4. The molecule has 5 heteroatoms. The highest BCUT2D eigenvalue weighted by Gasteiger charge is 2.03. The van der Waals surface area contributed by atoms with Gasteiger partial charge in [-0.3, -0.25) is 0 Å². The zero-order valence-electron chi connectivity index (χ0n) is 8.58. The Balaban J connectivity index is 2.29. The van der Waals surface area contributed by atoms with Crippen LogP contribution in [0.4, 0.5) is 0 Å². The molecule has 78 valence electrons. The van der Waals surface area contributed by atoms with Gasteiger partial charge in [-0.15, -0.1) is 0 Å². The van der Waals surface area contributed by atoms with E-state index in [0.717, 1.165) is 10.7 Å². The minimum absolute atomic E-state index is 0.603. The van der Waals surface area contributed by atoms with Crippen molar-refractivity contribution in [2.24, 2.45) is 0 Å². The molecule has 0 saturated heterocycles. The van der Waals surface area contributed by atoms with Crippen LogP contribution in [0.3, 0.4) is 0 Å². The van der Waals surface area contributed by atoms with Gasteiger partial charge in [0.25, 0.3) is 0 Å². The molecule has 0 N–H and O–H groups in total. The maximum Gasteiger partial charge on any atom is 0.193 e. The van der Waals surface area contributed by atoms with Gasteiger partial charge < -0.3 is 0 Å². The summed E-state index contributed by atoms with van der Waals surface area (Å²) in [6.07, 6.45) is 3.35. The topological polar surface area (TPSA) is 62.5 Å². The van der Waals surface area contributed by atoms with Gasteiger partial charge in [0.2, 0.25) is 0 Å². The van der Waals surface area contributed by atoms with E-state index >= 15 is 0 Å². The number of hydrogen-bond acceptors (Lipinski definition) is 5. The van der Waals surface area contributed by atoms with E-state index in [1.54, 1.807) is 30.6 Å². The fraction of sp³-hybridized carbons (Fsp3) is 0.0909. The molecule has 0 amide bonds. The van der Waals surface area contributed by atoms with Crippen molar-refractivity contribution in [1.82, 2.24) is 15.0 Å². The molecule has 4 nitrogen and oxygen atoms in total. The van der Waals surface area contributed by atoms with Crippen LogP contribution in [0.5, 0.6) is 0 Å². The van der Waals surface area contributed by atoms with E-state index in [1.165, 1.54) is 11.8 Å².